The van der Waals surface area contributed by atoms with Crippen LogP contribution in [0.2, 0.25) is 0 Å². The van der Waals surface area contributed by atoms with Gasteiger partial charge in [0, 0.05) is 0 Å². The van der Waals surface area contributed by atoms with Crippen molar-refractivity contribution in [2.75, 3.05) is 0 Å². The average Bonchev–Trinajstić information content (AvgIpc) is 2.44. The van der Waals surface area contributed by atoms with E-state index in [9.17, 15) is 19.1 Å². The van der Waals surface area contributed by atoms with Crippen molar-refractivity contribution in [2.45, 2.75) is 0 Å². The fourth-order valence-corrected chi connectivity index (χ4v) is 1.33. The summed E-state index contributed by atoms with van der Waals surface area (Å²) in [5.74, 6) is -2.60. The molecule has 1 aromatic carbocycles. The highest BCUT2D eigenvalue weighted by molar-refractivity contribution is 6.35. The quantitative estimate of drug-likeness (QED) is 0.668. The Morgan fingerprint density at radius 3 is 2.13 bits per heavy atom. The topological polar surface area (TPSA) is 66.4 Å². The van der Waals surface area contributed by atoms with Gasteiger partial charge in [0.25, 0.3) is 11.8 Å². The van der Waals surface area contributed by atoms with Crippen LogP contribution in [-0.2, 0) is 9.59 Å². The van der Waals surface area contributed by atoms with Crippen LogP contribution in [0.15, 0.2) is 30.0 Å². The van der Waals surface area contributed by atoms with Gasteiger partial charge >= 0.3 is 0 Å². The zero-order valence-corrected chi connectivity index (χ0v) is 7.45. The molecule has 0 radical (unpaired) electrons. The van der Waals surface area contributed by atoms with Crippen LogP contribution in [0, 0.1) is 5.82 Å². The summed E-state index contributed by atoms with van der Waals surface area (Å²) in [6.45, 7) is 0. The summed E-state index contributed by atoms with van der Waals surface area (Å²) in [7, 11) is 0. The van der Waals surface area contributed by atoms with Crippen molar-refractivity contribution in [3.05, 3.63) is 41.4 Å². The van der Waals surface area contributed by atoms with Gasteiger partial charge in [-0.25, -0.2) is 4.39 Å². The molecule has 0 atom stereocenters. The van der Waals surface area contributed by atoms with Gasteiger partial charge in [0.1, 0.15) is 5.82 Å². The number of rotatable bonds is 1. The van der Waals surface area contributed by atoms with E-state index in [4.69, 9.17) is 0 Å². The van der Waals surface area contributed by atoms with Gasteiger partial charge in [-0.2, -0.15) is 0 Å². The van der Waals surface area contributed by atoms with E-state index in [0.717, 1.165) is 12.1 Å². The normalized spacial score (nSPS) is 15.8. The third-order valence-corrected chi connectivity index (χ3v) is 2.04. The molecule has 76 valence electrons. The number of carbonyl (C=O) groups excluding carboxylic acids is 2. The highest BCUT2D eigenvalue weighted by atomic mass is 19.1. The predicted molar refractivity (Wildman–Crippen MR) is 49.1 cm³/mol. The smallest absolute Gasteiger partial charge is 0.293 e. The molecule has 0 saturated heterocycles. The summed E-state index contributed by atoms with van der Waals surface area (Å²) in [5, 5.41) is 11.2. The second-order valence-corrected chi connectivity index (χ2v) is 3.01. The van der Waals surface area contributed by atoms with Crippen molar-refractivity contribution in [3.63, 3.8) is 0 Å². The van der Waals surface area contributed by atoms with E-state index in [1.807, 2.05) is 5.32 Å². The Labute approximate surface area is 84.0 Å². The predicted octanol–water partition coefficient (Wildman–Crippen LogP) is 0.751. The molecule has 1 aliphatic rings. The number of hydrogen-bond donors (Lipinski definition) is 2. The maximum atomic E-state index is 12.6. The molecule has 1 heterocycles. The third-order valence-electron chi connectivity index (χ3n) is 2.04. The Morgan fingerprint density at radius 1 is 1.07 bits per heavy atom. The van der Waals surface area contributed by atoms with Gasteiger partial charge in [0.15, 0.2) is 5.76 Å². The lowest BCUT2D eigenvalue weighted by Crippen LogP contribution is -2.22. The number of carbonyl (C=O) groups is 2. The monoisotopic (exact) mass is 207 g/mol. The van der Waals surface area contributed by atoms with Gasteiger partial charge in [0.05, 0.1) is 5.57 Å². The van der Waals surface area contributed by atoms with Gasteiger partial charge in [0.2, 0.25) is 0 Å². The minimum Gasteiger partial charge on any atom is -0.502 e. The molecule has 5 heteroatoms. The van der Waals surface area contributed by atoms with Gasteiger partial charge in [-0.15, -0.1) is 0 Å². The number of aliphatic hydroxyl groups is 1. The molecular formula is C10H6FNO3. The SMILES string of the molecule is O=C1NC(=O)C(c2ccc(F)cc2)=C1O. The van der Waals surface area contributed by atoms with Crippen LogP contribution in [0.5, 0.6) is 0 Å². The van der Waals surface area contributed by atoms with Crippen LogP contribution in [0.1, 0.15) is 5.56 Å². The highest BCUT2D eigenvalue weighted by Gasteiger charge is 2.30. The standard InChI is InChI=1S/C10H6FNO3/c11-6-3-1-5(2-4-6)7-8(13)10(15)12-9(7)14/h1-4H,(H2,12,13,14,15). The molecule has 2 N–H and O–H groups in total. The molecule has 0 aliphatic carbocycles. The van der Waals surface area contributed by atoms with Crippen LogP contribution in [0.25, 0.3) is 5.57 Å². The number of nitrogens with one attached hydrogen (secondary N) is 1. The molecule has 0 fully saturated rings. The zero-order valence-electron chi connectivity index (χ0n) is 7.45. The molecular weight excluding hydrogens is 201 g/mol. The lowest BCUT2D eigenvalue weighted by Gasteiger charge is -1.99. The summed E-state index contributed by atoms with van der Waals surface area (Å²) < 4.78 is 12.6. The largest absolute Gasteiger partial charge is 0.502 e. The Balaban J connectivity index is 2.51. The van der Waals surface area contributed by atoms with E-state index in [1.165, 1.54) is 12.1 Å². The van der Waals surface area contributed by atoms with Crippen LogP contribution in [0.4, 0.5) is 4.39 Å². The summed E-state index contributed by atoms with van der Waals surface area (Å²) in [4.78, 5) is 22.2. The molecule has 0 saturated carbocycles. The van der Waals surface area contributed by atoms with Gasteiger partial charge < -0.3 is 5.11 Å². The molecule has 1 aromatic rings. The molecule has 2 amide bonds. The fraction of sp³-hybridized carbons (Fsp3) is 0. The number of hydrogen-bond acceptors (Lipinski definition) is 3. The number of aliphatic hydroxyl groups excluding tert-OH is 1. The maximum absolute atomic E-state index is 12.6. The van der Waals surface area contributed by atoms with Crippen LogP contribution < -0.4 is 5.32 Å². The minimum atomic E-state index is -0.834. The summed E-state index contributed by atoms with van der Waals surface area (Å²) in [6.07, 6.45) is 0. The van der Waals surface area contributed by atoms with Crippen molar-refractivity contribution in [1.29, 1.82) is 0 Å². The first-order valence-corrected chi connectivity index (χ1v) is 4.14. The summed E-state index contributed by atoms with van der Waals surface area (Å²) in [5.41, 5.74) is 0.178. The van der Waals surface area contributed by atoms with E-state index in [2.05, 4.69) is 0 Å². The van der Waals surface area contributed by atoms with Crippen LogP contribution in [0.3, 0.4) is 0 Å². The zero-order chi connectivity index (χ0) is 11.0. The van der Waals surface area contributed by atoms with Gasteiger partial charge in [-0.1, -0.05) is 12.1 Å². The lowest BCUT2D eigenvalue weighted by molar-refractivity contribution is -0.124. The van der Waals surface area contributed by atoms with E-state index in [1.54, 1.807) is 0 Å². The number of benzene rings is 1. The van der Waals surface area contributed by atoms with E-state index < -0.39 is 23.4 Å². The van der Waals surface area contributed by atoms with Gasteiger partial charge in [-0.05, 0) is 17.7 Å². The first-order valence-electron chi connectivity index (χ1n) is 4.14. The van der Waals surface area contributed by atoms with Crippen molar-refractivity contribution >= 4 is 17.4 Å². The summed E-state index contributed by atoms with van der Waals surface area (Å²) in [6, 6.07) is 4.93. The van der Waals surface area contributed by atoms with Crippen molar-refractivity contribution in [2.24, 2.45) is 0 Å². The second kappa shape index (κ2) is 3.20. The Hall–Kier alpha value is -2.17. The van der Waals surface area contributed by atoms with E-state index in [0.29, 0.717) is 5.56 Å². The molecule has 1 aliphatic heterocycles. The molecule has 0 unspecified atom stereocenters. The minimum absolute atomic E-state index is 0.125. The fourth-order valence-electron chi connectivity index (χ4n) is 1.33. The van der Waals surface area contributed by atoms with E-state index >= 15 is 0 Å². The van der Waals surface area contributed by atoms with Crippen molar-refractivity contribution in [1.82, 2.24) is 5.32 Å². The Kier molecular flexibility index (Phi) is 2.00. The molecule has 0 aromatic heterocycles. The highest BCUT2D eigenvalue weighted by Crippen LogP contribution is 2.22. The van der Waals surface area contributed by atoms with Crippen LogP contribution >= 0.6 is 0 Å². The molecule has 15 heavy (non-hydrogen) atoms. The second-order valence-electron chi connectivity index (χ2n) is 3.01. The number of imide groups is 1. The number of amides is 2. The third kappa shape index (κ3) is 1.48. The van der Waals surface area contributed by atoms with Crippen molar-refractivity contribution in [3.8, 4) is 0 Å². The molecule has 0 spiro atoms. The first kappa shape index (κ1) is 9.39. The Bertz CT molecular complexity index is 476. The van der Waals surface area contributed by atoms with Gasteiger partial charge in [-0.3, -0.25) is 14.9 Å². The summed E-state index contributed by atoms with van der Waals surface area (Å²) >= 11 is 0. The Morgan fingerprint density at radius 2 is 1.67 bits per heavy atom. The number of halogens is 1. The van der Waals surface area contributed by atoms with Crippen LogP contribution in [-0.4, -0.2) is 16.9 Å². The lowest BCUT2D eigenvalue weighted by atomic mass is 10.1. The van der Waals surface area contributed by atoms with Crippen molar-refractivity contribution < 1.29 is 19.1 Å². The first-order chi connectivity index (χ1) is 7.09. The molecule has 4 nitrogen and oxygen atoms in total. The molecule has 2 rings (SSSR count). The maximum Gasteiger partial charge on any atom is 0.293 e. The van der Waals surface area contributed by atoms with E-state index in [-0.39, 0.29) is 5.57 Å². The average molecular weight is 207 g/mol. The molecule has 0 bridgehead atoms.